The number of imidazole rings is 1. The summed E-state index contributed by atoms with van der Waals surface area (Å²) in [5, 5.41) is 0. The van der Waals surface area contributed by atoms with Crippen LogP contribution in [-0.4, -0.2) is 28.0 Å². The van der Waals surface area contributed by atoms with Gasteiger partial charge in [0.25, 0.3) is 5.91 Å². The van der Waals surface area contributed by atoms with Gasteiger partial charge in [0, 0.05) is 24.2 Å². The van der Waals surface area contributed by atoms with Gasteiger partial charge in [-0.2, -0.15) is 0 Å². The van der Waals surface area contributed by atoms with E-state index in [0.29, 0.717) is 12.0 Å². The van der Waals surface area contributed by atoms with Gasteiger partial charge in [-0.25, -0.2) is 9.66 Å². The molecule has 0 saturated carbocycles. The Morgan fingerprint density at radius 3 is 2.62 bits per heavy atom. The van der Waals surface area contributed by atoms with E-state index in [9.17, 15) is 9.59 Å². The van der Waals surface area contributed by atoms with Crippen LogP contribution in [0.4, 0.5) is 5.69 Å². The van der Waals surface area contributed by atoms with Crippen LogP contribution >= 0.6 is 0 Å². The third kappa shape index (κ3) is 2.52. The number of carbonyl (C=O) groups is 2. The second kappa shape index (κ2) is 5.81. The molecule has 120 valence electrons. The fourth-order valence-electron chi connectivity index (χ4n) is 2.94. The van der Waals surface area contributed by atoms with Crippen LogP contribution in [0, 0.1) is 0 Å². The maximum atomic E-state index is 12.4. The molecule has 0 atom stereocenters. The van der Waals surface area contributed by atoms with E-state index in [1.165, 1.54) is 0 Å². The Hall–Kier alpha value is -3.15. The number of hydrogen-bond donors (Lipinski definition) is 1. The first-order chi connectivity index (χ1) is 11.7. The van der Waals surface area contributed by atoms with Crippen molar-refractivity contribution in [1.82, 2.24) is 9.66 Å². The Kier molecular flexibility index (Phi) is 3.49. The molecule has 4 rings (SSSR count). The smallest absolute Gasteiger partial charge is 0.270 e. The molecule has 1 saturated heterocycles. The molecule has 1 N–H and O–H groups in total. The quantitative estimate of drug-likeness (QED) is 0.806. The van der Waals surface area contributed by atoms with Gasteiger partial charge in [-0.05, 0) is 42.8 Å². The standard InChI is InChI=1S/C18H16N4O2/c23-17-6-3-11-21(17)14-9-7-13(8-10-14)18(24)20-22-12-19-15-4-1-2-5-16(15)22/h1-2,4-5,7-10,12H,3,6,11H2,(H,20,24). The Morgan fingerprint density at radius 2 is 1.88 bits per heavy atom. The molecule has 1 aromatic heterocycles. The van der Waals surface area contributed by atoms with Crippen LogP contribution in [0.1, 0.15) is 23.2 Å². The molecule has 3 aromatic rings. The minimum absolute atomic E-state index is 0.136. The van der Waals surface area contributed by atoms with Gasteiger partial charge in [-0.3, -0.25) is 15.0 Å². The first-order valence-corrected chi connectivity index (χ1v) is 7.86. The van der Waals surface area contributed by atoms with Crippen LogP contribution in [-0.2, 0) is 4.79 Å². The lowest BCUT2D eigenvalue weighted by Crippen LogP contribution is -2.24. The number of benzene rings is 2. The molecule has 6 nitrogen and oxygen atoms in total. The van der Waals surface area contributed by atoms with Crippen molar-refractivity contribution >= 4 is 28.5 Å². The molecule has 1 fully saturated rings. The Labute approximate surface area is 138 Å². The molecule has 0 unspecified atom stereocenters. The number of carbonyl (C=O) groups excluding carboxylic acids is 2. The van der Waals surface area contributed by atoms with E-state index < -0.39 is 0 Å². The first kappa shape index (κ1) is 14.4. The van der Waals surface area contributed by atoms with Gasteiger partial charge in [0.2, 0.25) is 5.91 Å². The van der Waals surface area contributed by atoms with Crippen molar-refractivity contribution in [2.45, 2.75) is 12.8 Å². The van der Waals surface area contributed by atoms with Gasteiger partial charge in [-0.1, -0.05) is 12.1 Å². The highest BCUT2D eigenvalue weighted by Gasteiger charge is 2.21. The highest BCUT2D eigenvalue weighted by Crippen LogP contribution is 2.21. The zero-order chi connectivity index (χ0) is 16.5. The third-order valence-electron chi connectivity index (χ3n) is 4.19. The monoisotopic (exact) mass is 320 g/mol. The number of amides is 2. The van der Waals surface area contributed by atoms with Crippen LogP contribution in [0.5, 0.6) is 0 Å². The second-order valence-electron chi connectivity index (χ2n) is 5.74. The molecule has 2 heterocycles. The number of rotatable bonds is 3. The van der Waals surface area contributed by atoms with Crippen molar-refractivity contribution < 1.29 is 9.59 Å². The fourth-order valence-corrected chi connectivity index (χ4v) is 2.94. The number of fused-ring (bicyclic) bond motifs is 1. The number of anilines is 1. The third-order valence-corrected chi connectivity index (χ3v) is 4.19. The van der Waals surface area contributed by atoms with Gasteiger partial charge < -0.3 is 4.90 Å². The molecular weight excluding hydrogens is 304 g/mol. The topological polar surface area (TPSA) is 67.2 Å². The lowest BCUT2D eigenvalue weighted by Gasteiger charge is -2.16. The summed E-state index contributed by atoms with van der Waals surface area (Å²) in [6.07, 6.45) is 3.06. The molecule has 0 aliphatic carbocycles. The van der Waals surface area contributed by atoms with Crippen LogP contribution in [0.3, 0.4) is 0 Å². The van der Waals surface area contributed by atoms with E-state index in [2.05, 4.69) is 10.4 Å². The summed E-state index contributed by atoms with van der Waals surface area (Å²) in [6, 6.07) is 14.7. The Bertz CT molecular complexity index is 914. The average Bonchev–Trinajstić information content (AvgIpc) is 3.22. The zero-order valence-corrected chi connectivity index (χ0v) is 13.0. The van der Waals surface area contributed by atoms with Crippen LogP contribution in [0.15, 0.2) is 54.9 Å². The van der Waals surface area contributed by atoms with Crippen LogP contribution in [0.2, 0.25) is 0 Å². The van der Waals surface area contributed by atoms with Crippen LogP contribution in [0.25, 0.3) is 11.0 Å². The number of aromatic nitrogens is 2. The van der Waals surface area contributed by atoms with Crippen molar-refractivity contribution in [3.63, 3.8) is 0 Å². The molecule has 0 radical (unpaired) electrons. The lowest BCUT2D eigenvalue weighted by atomic mass is 10.2. The maximum absolute atomic E-state index is 12.4. The predicted molar refractivity (Wildman–Crippen MR) is 91.5 cm³/mol. The molecular formula is C18H16N4O2. The van der Waals surface area contributed by atoms with E-state index in [-0.39, 0.29) is 11.8 Å². The van der Waals surface area contributed by atoms with Gasteiger partial charge in [0.05, 0.1) is 11.0 Å². The van der Waals surface area contributed by atoms with Crippen molar-refractivity contribution in [3.8, 4) is 0 Å². The summed E-state index contributed by atoms with van der Waals surface area (Å²) in [7, 11) is 0. The first-order valence-electron chi connectivity index (χ1n) is 7.86. The minimum Gasteiger partial charge on any atom is -0.312 e. The van der Waals surface area contributed by atoms with E-state index in [1.54, 1.807) is 28.0 Å². The van der Waals surface area contributed by atoms with Gasteiger partial charge in [-0.15, -0.1) is 0 Å². The average molecular weight is 320 g/mol. The van der Waals surface area contributed by atoms with Gasteiger partial charge in [0.1, 0.15) is 6.33 Å². The van der Waals surface area contributed by atoms with Crippen molar-refractivity contribution in [1.29, 1.82) is 0 Å². The number of hydrogen-bond acceptors (Lipinski definition) is 3. The normalized spacial score (nSPS) is 14.3. The van der Waals surface area contributed by atoms with Gasteiger partial charge in [0.15, 0.2) is 0 Å². The zero-order valence-electron chi connectivity index (χ0n) is 13.0. The number of nitrogens with zero attached hydrogens (tertiary/aromatic N) is 3. The number of para-hydroxylation sites is 2. The highest BCUT2D eigenvalue weighted by molar-refractivity contribution is 6.01. The maximum Gasteiger partial charge on any atom is 0.270 e. The Balaban J connectivity index is 1.53. The molecule has 0 bridgehead atoms. The SMILES string of the molecule is O=C(Nn1cnc2ccccc21)c1ccc(N2CCCC2=O)cc1. The van der Waals surface area contributed by atoms with E-state index in [4.69, 9.17) is 0 Å². The Morgan fingerprint density at radius 1 is 1.08 bits per heavy atom. The van der Waals surface area contributed by atoms with Crippen LogP contribution < -0.4 is 10.3 Å². The van der Waals surface area contributed by atoms with E-state index in [0.717, 1.165) is 29.7 Å². The summed E-state index contributed by atoms with van der Waals surface area (Å²) >= 11 is 0. The fraction of sp³-hybridized carbons (Fsp3) is 0.167. The minimum atomic E-state index is -0.225. The van der Waals surface area contributed by atoms with Crippen molar-refractivity contribution in [2.75, 3.05) is 16.9 Å². The summed E-state index contributed by atoms with van der Waals surface area (Å²) in [4.78, 5) is 30.2. The van der Waals surface area contributed by atoms with Gasteiger partial charge >= 0.3 is 0 Å². The summed E-state index contributed by atoms with van der Waals surface area (Å²) in [6.45, 7) is 0.741. The van der Waals surface area contributed by atoms with E-state index in [1.807, 2.05) is 36.4 Å². The largest absolute Gasteiger partial charge is 0.312 e. The van der Waals surface area contributed by atoms with Crippen molar-refractivity contribution in [2.24, 2.45) is 0 Å². The number of nitrogens with one attached hydrogen (secondary N) is 1. The summed E-state index contributed by atoms with van der Waals surface area (Å²) in [5.74, 6) is -0.0884. The highest BCUT2D eigenvalue weighted by atomic mass is 16.2. The molecule has 24 heavy (non-hydrogen) atoms. The lowest BCUT2D eigenvalue weighted by molar-refractivity contribution is -0.117. The van der Waals surface area contributed by atoms with E-state index >= 15 is 0 Å². The summed E-state index contributed by atoms with van der Waals surface area (Å²) < 4.78 is 1.61. The second-order valence-corrected chi connectivity index (χ2v) is 5.74. The molecule has 2 aromatic carbocycles. The molecule has 6 heteroatoms. The summed E-state index contributed by atoms with van der Waals surface area (Å²) in [5.41, 5.74) is 5.84. The molecule has 2 amide bonds. The predicted octanol–water partition coefficient (Wildman–Crippen LogP) is 2.55. The van der Waals surface area contributed by atoms with Crippen molar-refractivity contribution in [3.05, 3.63) is 60.4 Å². The molecule has 1 aliphatic rings. The molecule has 0 spiro atoms. The molecule has 1 aliphatic heterocycles.